The molecule has 0 aliphatic carbocycles. The molecule has 1 aromatic heterocycles. The van der Waals surface area contributed by atoms with E-state index in [0.717, 1.165) is 16.1 Å². The third kappa shape index (κ3) is 4.89. The molecule has 1 heterocycles. The maximum Gasteiger partial charge on any atom is 0.249 e. The lowest BCUT2D eigenvalue weighted by Gasteiger charge is -2.29. The largest absolute Gasteiger partial charge is 0.495 e. The number of methoxy groups -OCH3 is 1. The summed E-state index contributed by atoms with van der Waals surface area (Å²) in [7, 11) is -2.43. The van der Waals surface area contributed by atoms with E-state index in [1.165, 1.54) is 37.5 Å². The smallest absolute Gasteiger partial charge is 0.249 e. The molecular weight excluding hydrogens is 448 g/mol. The SMILES string of the molecule is COc1ccc(Cl)cc1N(C(C)C(=O)Nc1nnc(-c2ccccc2)s1)S(C)(=O)=O. The van der Waals surface area contributed by atoms with Gasteiger partial charge < -0.3 is 4.74 Å². The minimum Gasteiger partial charge on any atom is -0.495 e. The van der Waals surface area contributed by atoms with Gasteiger partial charge in [0.1, 0.15) is 16.8 Å². The van der Waals surface area contributed by atoms with E-state index in [2.05, 4.69) is 15.5 Å². The molecule has 3 aromatic rings. The van der Waals surface area contributed by atoms with Crippen molar-refractivity contribution in [1.29, 1.82) is 0 Å². The third-order valence-corrected chi connectivity index (χ3v) is 6.49. The molecule has 0 saturated carbocycles. The average Bonchev–Trinajstić information content (AvgIpc) is 3.16. The number of halogens is 1. The number of aromatic nitrogens is 2. The molecule has 1 atom stereocenters. The monoisotopic (exact) mass is 466 g/mol. The molecule has 3 rings (SSSR count). The highest BCUT2D eigenvalue weighted by Gasteiger charge is 2.32. The number of nitrogens with one attached hydrogen (secondary N) is 1. The summed E-state index contributed by atoms with van der Waals surface area (Å²) in [5.74, 6) is -0.301. The zero-order valence-corrected chi connectivity index (χ0v) is 18.8. The molecule has 158 valence electrons. The molecule has 0 saturated heterocycles. The predicted molar refractivity (Wildman–Crippen MR) is 119 cm³/mol. The number of hydrogen-bond donors (Lipinski definition) is 1. The Balaban J connectivity index is 1.87. The fourth-order valence-corrected chi connectivity index (χ4v) is 4.89. The number of hydrogen-bond acceptors (Lipinski definition) is 7. The summed E-state index contributed by atoms with van der Waals surface area (Å²) in [5, 5.41) is 11.9. The van der Waals surface area contributed by atoms with Gasteiger partial charge in [-0.2, -0.15) is 0 Å². The number of benzene rings is 2. The lowest BCUT2D eigenvalue weighted by Crippen LogP contribution is -2.45. The average molecular weight is 467 g/mol. The van der Waals surface area contributed by atoms with Gasteiger partial charge in [0.15, 0.2) is 0 Å². The van der Waals surface area contributed by atoms with Crippen molar-refractivity contribution in [1.82, 2.24) is 10.2 Å². The highest BCUT2D eigenvalue weighted by atomic mass is 35.5. The number of anilines is 2. The van der Waals surface area contributed by atoms with Gasteiger partial charge in [0.25, 0.3) is 0 Å². The van der Waals surface area contributed by atoms with E-state index in [9.17, 15) is 13.2 Å². The molecule has 0 aliphatic heterocycles. The number of amides is 1. The number of ether oxygens (including phenoxy) is 1. The van der Waals surface area contributed by atoms with Gasteiger partial charge in [-0.15, -0.1) is 10.2 Å². The van der Waals surface area contributed by atoms with Crippen molar-refractivity contribution in [3.8, 4) is 16.3 Å². The Labute approximate surface area is 183 Å². The van der Waals surface area contributed by atoms with Crippen LogP contribution in [-0.4, -0.2) is 43.9 Å². The van der Waals surface area contributed by atoms with E-state index >= 15 is 0 Å². The molecule has 1 amide bonds. The first-order chi connectivity index (χ1) is 14.2. The minimum atomic E-state index is -3.84. The van der Waals surface area contributed by atoms with E-state index in [1.807, 2.05) is 30.3 Å². The Hall–Kier alpha value is -2.69. The highest BCUT2D eigenvalue weighted by Crippen LogP contribution is 2.34. The molecule has 8 nitrogen and oxygen atoms in total. The van der Waals surface area contributed by atoms with Crippen molar-refractivity contribution in [3.63, 3.8) is 0 Å². The van der Waals surface area contributed by atoms with Gasteiger partial charge in [-0.1, -0.05) is 53.3 Å². The summed E-state index contributed by atoms with van der Waals surface area (Å²) in [6, 6.07) is 12.8. The molecule has 11 heteroatoms. The summed E-state index contributed by atoms with van der Waals surface area (Å²) in [6.07, 6.45) is 1.01. The Morgan fingerprint density at radius 1 is 1.20 bits per heavy atom. The van der Waals surface area contributed by atoms with Gasteiger partial charge in [-0.05, 0) is 25.1 Å². The van der Waals surface area contributed by atoms with Gasteiger partial charge >= 0.3 is 0 Å². The Morgan fingerprint density at radius 2 is 1.90 bits per heavy atom. The van der Waals surface area contributed by atoms with Crippen molar-refractivity contribution < 1.29 is 17.9 Å². The van der Waals surface area contributed by atoms with E-state index in [0.29, 0.717) is 10.0 Å². The second-order valence-electron chi connectivity index (χ2n) is 6.32. The zero-order chi connectivity index (χ0) is 21.9. The fourth-order valence-electron chi connectivity index (χ4n) is 2.80. The van der Waals surface area contributed by atoms with Crippen LogP contribution in [0.3, 0.4) is 0 Å². The van der Waals surface area contributed by atoms with Gasteiger partial charge in [-0.3, -0.25) is 14.4 Å². The molecule has 0 aliphatic rings. The molecular formula is C19H19ClN4O4S2. The molecule has 1 N–H and O–H groups in total. The Morgan fingerprint density at radius 3 is 2.53 bits per heavy atom. The molecule has 30 heavy (non-hydrogen) atoms. The number of nitrogens with zero attached hydrogens (tertiary/aromatic N) is 3. The molecule has 0 bridgehead atoms. The standard InChI is InChI=1S/C19H19ClN4O4S2/c1-12(24(30(3,26)27)15-11-14(20)9-10-16(15)28-2)17(25)21-19-23-22-18(29-19)13-7-5-4-6-8-13/h4-12H,1-3H3,(H,21,23,25). The predicted octanol–water partition coefficient (Wildman–Crippen LogP) is 3.66. The summed E-state index contributed by atoms with van der Waals surface area (Å²) in [6.45, 7) is 1.47. The van der Waals surface area contributed by atoms with E-state index in [4.69, 9.17) is 16.3 Å². The first-order valence-corrected chi connectivity index (χ1v) is 11.8. The first kappa shape index (κ1) is 22.0. The first-order valence-electron chi connectivity index (χ1n) is 8.73. The number of carbonyl (C=O) groups is 1. The zero-order valence-electron chi connectivity index (χ0n) is 16.4. The van der Waals surface area contributed by atoms with Crippen LogP contribution < -0.4 is 14.4 Å². The van der Waals surface area contributed by atoms with Crippen LogP contribution in [0.5, 0.6) is 5.75 Å². The Bertz CT molecular complexity index is 1150. The maximum absolute atomic E-state index is 12.9. The lowest BCUT2D eigenvalue weighted by molar-refractivity contribution is -0.116. The number of rotatable bonds is 7. The van der Waals surface area contributed by atoms with Gasteiger partial charge in [-0.25, -0.2) is 8.42 Å². The topological polar surface area (TPSA) is 101 Å². The summed E-state index contributed by atoms with van der Waals surface area (Å²) in [5.41, 5.74) is 1.03. The van der Waals surface area contributed by atoms with Crippen molar-refractivity contribution in [3.05, 3.63) is 53.6 Å². The quantitative estimate of drug-likeness (QED) is 0.570. The summed E-state index contributed by atoms with van der Waals surface area (Å²) < 4.78 is 31.3. The van der Waals surface area contributed by atoms with Crippen LogP contribution >= 0.6 is 22.9 Å². The summed E-state index contributed by atoms with van der Waals surface area (Å²) >= 11 is 7.24. The van der Waals surface area contributed by atoms with E-state index in [-0.39, 0.29) is 16.6 Å². The minimum absolute atomic E-state index is 0.164. The fraction of sp³-hybridized carbons (Fsp3) is 0.211. The highest BCUT2D eigenvalue weighted by molar-refractivity contribution is 7.92. The molecule has 0 radical (unpaired) electrons. The van der Waals surface area contributed by atoms with Gasteiger partial charge in [0.05, 0.1) is 19.1 Å². The van der Waals surface area contributed by atoms with Gasteiger partial charge in [0.2, 0.25) is 21.1 Å². The lowest BCUT2D eigenvalue weighted by atomic mass is 10.2. The van der Waals surface area contributed by atoms with Crippen LogP contribution in [0.25, 0.3) is 10.6 Å². The van der Waals surface area contributed by atoms with Crippen LogP contribution in [0.15, 0.2) is 48.5 Å². The Kier molecular flexibility index (Phi) is 6.59. The van der Waals surface area contributed by atoms with E-state index in [1.54, 1.807) is 6.07 Å². The summed E-state index contributed by atoms with van der Waals surface area (Å²) in [4.78, 5) is 12.9. The van der Waals surface area contributed by atoms with Crippen LogP contribution in [0.4, 0.5) is 10.8 Å². The van der Waals surface area contributed by atoms with Crippen molar-refractivity contribution >= 4 is 49.7 Å². The van der Waals surface area contributed by atoms with Gasteiger partial charge in [0, 0.05) is 10.6 Å². The second kappa shape index (κ2) is 8.99. The van der Waals surface area contributed by atoms with Crippen LogP contribution in [0, 0.1) is 0 Å². The molecule has 0 spiro atoms. The van der Waals surface area contributed by atoms with Crippen LogP contribution in [0.2, 0.25) is 5.02 Å². The molecule has 1 unspecified atom stereocenters. The van der Waals surface area contributed by atoms with Crippen molar-refractivity contribution in [2.24, 2.45) is 0 Å². The van der Waals surface area contributed by atoms with Crippen LogP contribution in [-0.2, 0) is 14.8 Å². The normalized spacial score (nSPS) is 12.3. The molecule has 2 aromatic carbocycles. The number of sulfonamides is 1. The third-order valence-electron chi connectivity index (χ3n) is 4.14. The van der Waals surface area contributed by atoms with Crippen molar-refractivity contribution in [2.45, 2.75) is 13.0 Å². The number of carbonyl (C=O) groups excluding carboxylic acids is 1. The molecule has 0 fully saturated rings. The van der Waals surface area contributed by atoms with Crippen molar-refractivity contribution in [2.75, 3.05) is 23.0 Å². The second-order valence-corrected chi connectivity index (χ2v) is 9.59. The van der Waals surface area contributed by atoms with E-state index < -0.39 is 22.0 Å². The van der Waals surface area contributed by atoms with Crippen LogP contribution in [0.1, 0.15) is 6.92 Å². The maximum atomic E-state index is 12.9.